The van der Waals surface area contributed by atoms with Crippen LogP contribution in [-0.4, -0.2) is 11.0 Å². The Kier molecular flexibility index (Phi) is 5.40. The molecule has 2 aromatic carbocycles. The van der Waals surface area contributed by atoms with E-state index < -0.39 is 11.8 Å². The zero-order chi connectivity index (χ0) is 18.4. The summed E-state index contributed by atoms with van der Waals surface area (Å²) in [6.45, 7) is 0.0363. The molecule has 0 radical (unpaired) electrons. The van der Waals surface area contributed by atoms with Crippen LogP contribution in [0, 0.1) is 17.1 Å². The van der Waals surface area contributed by atoms with Crippen LogP contribution in [0.15, 0.2) is 59.1 Å². The second-order valence-corrected chi connectivity index (χ2v) is 5.53. The number of halogens is 1. The van der Waals surface area contributed by atoms with Gasteiger partial charge in [0.2, 0.25) is 0 Å². The van der Waals surface area contributed by atoms with Gasteiger partial charge in [-0.05, 0) is 18.2 Å². The molecule has 6 heteroatoms. The highest BCUT2D eigenvalue weighted by Gasteiger charge is 2.12. The quantitative estimate of drug-likeness (QED) is 0.627. The molecule has 0 atom stereocenters. The van der Waals surface area contributed by atoms with E-state index in [0.29, 0.717) is 28.3 Å². The predicted molar refractivity (Wildman–Crippen MR) is 91.2 cm³/mol. The Bertz CT molecular complexity index is 959. The van der Waals surface area contributed by atoms with E-state index in [1.165, 1.54) is 12.3 Å². The summed E-state index contributed by atoms with van der Waals surface area (Å²) in [5, 5.41) is 9.01. The monoisotopic (exact) mass is 350 g/mol. The summed E-state index contributed by atoms with van der Waals surface area (Å²) in [6, 6.07) is 15.2. The summed E-state index contributed by atoms with van der Waals surface area (Å²) in [4.78, 5) is 16.0. The number of aryl methyl sites for hydroxylation is 1. The number of aromatic nitrogens is 1. The number of hydrogen-bond donors (Lipinski definition) is 0. The van der Waals surface area contributed by atoms with Gasteiger partial charge in [-0.15, -0.1) is 0 Å². The number of rotatable bonds is 6. The number of nitriles is 1. The third kappa shape index (κ3) is 4.14. The summed E-state index contributed by atoms with van der Waals surface area (Å²) >= 11 is 0. The van der Waals surface area contributed by atoms with Crippen molar-refractivity contribution >= 4 is 5.97 Å². The Hall–Kier alpha value is -3.46. The van der Waals surface area contributed by atoms with E-state index in [1.54, 1.807) is 42.5 Å². The molecule has 0 fully saturated rings. The van der Waals surface area contributed by atoms with Crippen molar-refractivity contribution in [2.45, 2.75) is 19.4 Å². The fraction of sp³-hybridized carbons (Fsp3) is 0.150. The molecule has 1 heterocycles. The van der Waals surface area contributed by atoms with Crippen molar-refractivity contribution in [3.63, 3.8) is 0 Å². The summed E-state index contributed by atoms with van der Waals surface area (Å²) < 4.78 is 24.4. The molecule has 3 aromatic rings. The SMILES string of the molecule is N#Cc1ccccc1COC(=O)CCc1ncc(-c2ccccc2F)o1. The fourth-order valence-corrected chi connectivity index (χ4v) is 2.41. The van der Waals surface area contributed by atoms with Crippen LogP contribution in [-0.2, 0) is 22.6 Å². The molecule has 0 spiro atoms. The smallest absolute Gasteiger partial charge is 0.306 e. The van der Waals surface area contributed by atoms with Crippen LogP contribution in [0.5, 0.6) is 0 Å². The fourth-order valence-electron chi connectivity index (χ4n) is 2.41. The van der Waals surface area contributed by atoms with Crippen LogP contribution in [0.25, 0.3) is 11.3 Å². The Morgan fingerprint density at radius 2 is 1.96 bits per heavy atom. The molecule has 5 nitrogen and oxygen atoms in total. The van der Waals surface area contributed by atoms with Gasteiger partial charge in [0.1, 0.15) is 12.4 Å². The van der Waals surface area contributed by atoms with Gasteiger partial charge in [0.25, 0.3) is 0 Å². The van der Waals surface area contributed by atoms with Crippen molar-refractivity contribution in [3.8, 4) is 17.4 Å². The molecule has 0 bridgehead atoms. The molecule has 0 N–H and O–H groups in total. The lowest BCUT2D eigenvalue weighted by molar-refractivity contribution is -0.145. The summed E-state index contributed by atoms with van der Waals surface area (Å²) in [5.41, 5.74) is 1.45. The third-order valence-corrected chi connectivity index (χ3v) is 3.76. The van der Waals surface area contributed by atoms with Crippen molar-refractivity contribution < 1.29 is 18.3 Å². The second-order valence-electron chi connectivity index (χ2n) is 5.53. The van der Waals surface area contributed by atoms with Crippen molar-refractivity contribution in [1.29, 1.82) is 5.26 Å². The maximum absolute atomic E-state index is 13.7. The molecule has 0 aliphatic heterocycles. The van der Waals surface area contributed by atoms with Crippen molar-refractivity contribution in [2.75, 3.05) is 0 Å². The first kappa shape index (κ1) is 17.4. The molecule has 130 valence electrons. The highest BCUT2D eigenvalue weighted by Crippen LogP contribution is 2.23. The van der Waals surface area contributed by atoms with Gasteiger partial charge in [-0.25, -0.2) is 9.37 Å². The molecule has 0 aliphatic rings. The number of ether oxygens (including phenoxy) is 1. The molecule has 0 saturated heterocycles. The number of benzene rings is 2. The predicted octanol–water partition coefficient (Wildman–Crippen LogP) is 4.03. The lowest BCUT2D eigenvalue weighted by Crippen LogP contribution is -2.06. The molecule has 0 aliphatic carbocycles. The van der Waals surface area contributed by atoms with Gasteiger partial charge in [0.05, 0.1) is 29.8 Å². The van der Waals surface area contributed by atoms with Gasteiger partial charge in [0, 0.05) is 12.0 Å². The van der Waals surface area contributed by atoms with Crippen molar-refractivity contribution in [1.82, 2.24) is 4.98 Å². The van der Waals surface area contributed by atoms with Crippen LogP contribution >= 0.6 is 0 Å². The Balaban J connectivity index is 1.54. The van der Waals surface area contributed by atoms with Gasteiger partial charge in [-0.3, -0.25) is 4.79 Å². The topological polar surface area (TPSA) is 76.1 Å². The summed E-state index contributed by atoms with van der Waals surface area (Å²) in [6.07, 6.45) is 1.75. The molecule has 0 unspecified atom stereocenters. The van der Waals surface area contributed by atoms with Crippen LogP contribution in [0.3, 0.4) is 0 Å². The van der Waals surface area contributed by atoms with E-state index in [9.17, 15) is 9.18 Å². The highest BCUT2D eigenvalue weighted by atomic mass is 19.1. The molecular weight excluding hydrogens is 335 g/mol. The molecule has 1 aromatic heterocycles. The number of oxazole rings is 1. The van der Waals surface area contributed by atoms with Crippen LogP contribution in [0.4, 0.5) is 4.39 Å². The molecular formula is C20H15FN2O3. The van der Waals surface area contributed by atoms with E-state index in [1.807, 2.05) is 0 Å². The first-order chi connectivity index (χ1) is 12.7. The average molecular weight is 350 g/mol. The average Bonchev–Trinajstić information content (AvgIpc) is 3.14. The number of esters is 1. The van der Waals surface area contributed by atoms with Gasteiger partial charge in [0.15, 0.2) is 11.7 Å². The Morgan fingerprint density at radius 1 is 1.19 bits per heavy atom. The minimum Gasteiger partial charge on any atom is -0.461 e. The van der Waals surface area contributed by atoms with E-state index in [4.69, 9.17) is 14.4 Å². The van der Waals surface area contributed by atoms with E-state index >= 15 is 0 Å². The van der Waals surface area contributed by atoms with Crippen LogP contribution < -0.4 is 0 Å². The minimum absolute atomic E-state index is 0.0363. The Morgan fingerprint density at radius 3 is 2.77 bits per heavy atom. The van der Waals surface area contributed by atoms with Gasteiger partial charge in [-0.1, -0.05) is 30.3 Å². The van der Waals surface area contributed by atoms with E-state index in [2.05, 4.69) is 11.1 Å². The summed E-state index contributed by atoms with van der Waals surface area (Å²) in [5.74, 6) is -0.179. The molecule has 3 rings (SSSR count). The molecule has 26 heavy (non-hydrogen) atoms. The zero-order valence-corrected chi connectivity index (χ0v) is 13.8. The van der Waals surface area contributed by atoms with Crippen molar-refractivity contribution in [3.05, 3.63) is 77.6 Å². The van der Waals surface area contributed by atoms with Gasteiger partial charge >= 0.3 is 5.97 Å². The summed E-state index contributed by atoms with van der Waals surface area (Å²) in [7, 11) is 0. The minimum atomic E-state index is -0.427. The standard InChI is InChI=1S/C20H15FN2O3/c21-17-8-4-3-7-16(17)18-12-23-19(26-18)9-10-20(24)25-13-15-6-2-1-5-14(15)11-22/h1-8,12H,9-10,13H2. The van der Waals surface area contributed by atoms with Crippen molar-refractivity contribution in [2.24, 2.45) is 0 Å². The highest BCUT2D eigenvalue weighted by molar-refractivity contribution is 5.69. The number of hydrogen-bond acceptors (Lipinski definition) is 5. The van der Waals surface area contributed by atoms with E-state index in [-0.39, 0.29) is 19.4 Å². The molecule has 0 saturated carbocycles. The number of nitrogens with zero attached hydrogens (tertiary/aromatic N) is 2. The Labute approximate surface area is 149 Å². The zero-order valence-electron chi connectivity index (χ0n) is 13.8. The van der Waals surface area contributed by atoms with Gasteiger partial charge in [-0.2, -0.15) is 5.26 Å². The van der Waals surface area contributed by atoms with Crippen LogP contribution in [0.2, 0.25) is 0 Å². The molecule has 0 amide bonds. The van der Waals surface area contributed by atoms with Crippen LogP contribution in [0.1, 0.15) is 23.4 Å². The first-order valence-electron chi connectivity index (χ1n) is 8.00. The number of carbonyl (C=O) groups excluding carboxylic acids is 1. The lowest BCUT2D eigenvalue weighted by Gasteiger charge is -2.05. The largest absolute Gasteiger partial charge is 0.461 e. The third-order valence-electron chi connectivity index (χ3n) is 3.76. The number of carbonyl (C=O) groups is 1. The second kappa shape index (κ2) is 8.08. The van der Waals surface area contributed by atoms with Gasteiger partial charge < -0.3 is 9.15 Å². The maximum atomic E-state index is 13.7. The first-order valence-corrected chi connectivity index (χ1v) is 8.00. The normalized spacial score (nSPS) is 10.3. The maximum Gasteiger partial charge on any atom is 0.306 e. The lowest BCUT2D eigenvalue weighted by atomic mass is 10.1. The van der Waals surface area contributed by atoms with E-state index in [0.717, 1.165) is 0 Å².